The van der Waals surface area contributed by atoms with E-state index in [1.54, 1.807) is 0 Å². The van der Waals surface area contributed by atoms with Crippen LogP contribution in [0.2, 0.25) is 0 Å². The molecular formula is C28H44N2. The highest BCUT2D eigenvalue weighted by molar-refractivity contribution is 5.33. The number of nitrogens with zero attached hydrogens (tertiary/aromatic N) is 2. The van der Waals surface area contributed by atoms with E-state index in [0.717, 1.165) is 30.1 Å². The predicted octanol–water partition coefficient (Wildman–Crippen LogP) is 8.38. The molecule has 0 N–H and O–H groups in total. The van der Waals surface area contributed by atoms with E-state index in [9.17, 15) is 0 Å². The van der Waals surface area contributed by atoms with Crippen molar-refractivity contribution < 1.29 is 0 Å². The van der Waals surface area contributed by atoms with Gasteiger partial charge in [0.25, 0.3) is 0 Å². The SMILES string of the molecule is CC.CC.CC.CC.Cc1nc(Cc2ccccc2)c(C)c(Cc2ccccc2)n1. The van der Waals surface area contributed by atoms with Gasteiger partial charge >= 0.3 is 0 Å². The van der Waals surface area contributed by atoms with E-state index in [0.29, 0.717) is 0 Å². The summed E-state index contributed by atoms with van der Waals surface area (Å²) in [6, 6.07) is 21.0. The summed E-state index contributed by atoms with van der Waals surface area (Å²) in [5, 5.41) is 0. The van der Waals surface area contributed by atoms with Gasteiger partial charge in [-0.25, -0.2) is 9.97 Å². The summed E-state index contributed by atoms with van der Waals surface area (Å²) in [6.07, 6.45) is 1.72. The monoisotopic (exact) mass is 408 g/mol. The Bertz CT molecular complexity index is 688. The van der Waals surface area contributed by atoms with E-state index < -0.39 is 0 Å². The van der Waals surface area contributed by atoms with Gasteiger partial charge in [-0.05, 0) is 30.5 Å². The molecule has 3 aromatic rings. The first-order valence-electron chi connectivity index (χ1n) is 11.6. The fourth-order valence-corrected chi connectivity index (χ4v) is 2.67. The molecule has 2 heteroatoms. The van der Waals surface area contributed by atoms with E-state index >= 15 is 0 Å². The third-order valence-corrected chi connectivity index (χ3v) is 3.89. The second-order valence-corrected chi connectivity index (χ2v) is 5.61. The van der Waals surface area contributed by atoms with Gasteiger partial charge in [-0.15, -0.1) is 0 Å². The van der Waals surface area contributed by atoms with Crippen LogP contribution in [-0.4, -0.2) is 9.97 Å². The molecule has 0 saturated carbocycles. The molecule has 0 aliphatic rings. The van der Waals surface area contributed by atoms with Crippen molar-refractivity contribution >= 4 is 0 Å². The van der Waals surface area contributed by atoms with E-state index in [2.05, 4.69) is 65.4 Å². The average molecular weight is 409 g/mol. The molecule has 2 nitrogen and oxygen atoms in total. The molecule has 0 saturated heterocycles. The number of aryl methyl sites for hydroxylation is 1. The fourth-order valence-electron chi connectivity index (χ4n) is 2.67. The molecule has 0 aliphatic carbocycles. The van der Waals surface area contributed by atoms with Gasteiger partial charge in [-0.1, -0.05) is 116 Å². The molecule has 166 valence electrons. The van der Waals surface area contributed by atoms with Crippen LogP contribution in [0.15, 0.2) is 60.7 Å². The van der Waals surface area contributed by atoms with Gasteiger partial charge in [0.2, 0.25) is 0 Å². The maximum absolute atomic E-state index is 4.66. The third-order valence-electron chi connectivity index (χ3n) is 3.89. The van der Waals surface area contributed by atoms with Crippen molar-refractivity contribution in [1.29, 1.82) is 0 Å². The average Bonchev–Trinajstić information content (AvgIpc) is 2.83. The molecule has 1 heterocycles. The highest BCUT2D eigenvalue weighted by Gasteiger charge is 2.10. The van der Waals surface area contributed by atoms with E-state index in [-0.39, 0.29) is 0 Å². The minimum absolute atomic E-state index is 0.850. The zero-order valence-corrected chi connectivity index (χ0v) is 21.1. The summed E-state index contributed by atoms with van der Waals surface area (Å²) in [7, 11) is 0. The molecule has 3 rings (SSSR count). The lowest BCUT2D eigenvalue weighted by molar-refractivity contribution is 0.890. The maximum atomic E-state index is 4.66. The lowest BCUT2D eigenvalue weighted by atomic mass is 10.0. The smallest absolute Gasteiger partial charge is 0.125 e. The molecule has 0 bridgehead atoms. The first-order chi connectivity index (χ1) is 14.7. The Labute approximate surface area is 186 Å². The van der Waals surface area contributed by atoms with Gasteiger partial charge in [0.05, 0.1) is 11.4 Å². The normalized spacial score (nSPS) is 8.60. The van der Waals surface area contributed by atoms with E-state index in [1.807, 2.05) is 74.4 Å². The second kappa shape index (κ2) is 19.8. The summed E-state index contributed by atoms with van der Waals surface area (Å²) >= 11 is 0. The van der Waals surface area contributed by atoms with Gasteiger partial charge in [0.15, 0.2) is 0 Å². The third kappa shape index (κ3) is 10.9. The van der Waals surface area contributed by atoms with Crippen LogP contribution in [-0.2, 0) is 12.8 Å². The molecule has 0 unspecified atom stereocenters. The van der Waals surface area contributed by atoms with Gasteiger partial charge in [0, 0.05) is 12.8 Å². The molecule has 2 aromatic carbocycles. The summed E-state index contributed by atoms with van der Waals surface area (Å²) < 4.78 is 0. The van der Waals surface area contributed by atoms with Gasteiger partial charge in [-0.2, -0.15) is 0 Å². The van der Waals surface area contributed by atoms with Crippen LogP contribution in [0.1, 0.15) is 89.3 Å². The number of aromatic nitrogens is 2. The zero-order valence-electron chi connectivity index (χ0n) is 21.1. The summed E-state index contributed by atoms with van der Waals surface area (Å²) in [5.41, 5.74) is 6.04. The van der Waals surface area contributed by atoms with Gasteiger partial charge < -0.3 is 0 Å². The standard InChI is InChI=1S/C20H20N2.4C2H6/c1-15-19(13-17-9-5-3-6-10-17)21-16(2)22-20(15)14-18-11-7-4-8-12-18;4*1-2/h3-12H,13-14H2,1-2H3;4*1-2H3. The first-order valence-corrected chi connectivity index (χ1v) is 11.6. The Morgan fingerprint density at radius 3 is 1.10 bits per heavy atom. The molecule has 1 aromatic heterocycles. The van der Waals surface area contributed by atoms with Crippen molar-refractivity contribution in [3.05, 3.63) is 94.6 Å². The zero-order chi connectivity index (χ0) is 23.4. The van der Waals surface area contributed by atoms with Crippen LogP contribution in [0, 0.1) is 13.8 Å². The maximum Gasteiger partial charge on any atom is 0.125 e. The largest absolute Gasteiger partial charge is 0.238 e. The topological polar surface area (TPSA) is 25.8 Å². The van der Waals surface area contributed by atoms with Crippen molar-refractivity contribution in [3.8, 4) is 0 Å². The molecule has 0 fully saturated rings. The van der Waals surface area contributed by atoms with Gasteiger partial charge in [0.1, 0.15) is 5.82 Å². The van der Waals surface area contributed by atoms with Crippen molar-refractivity contribution in [1.82, 2.24) is 9.97 Å². The predicted molar refractivity (Wildman–Crippen MR) is 135 cm³/mol. The first kappa shape index (κ1) is 29.7. The molecule has 0 amide bonds. The van der Waals surface area contributed by atoms with Gasteiger partial charge in [-0.3, -0.25) is 0 Å². The highest BCUT2D eigenvalue weighted by atomic mass is 14.9. The molecule has 0 spiro atoms. The number of rotatable bonds is 4. The van der Waals surface area contributed by atoms with Crippen LogP contribution >= 0.6 is 0 Å². The molecule has 0 aliphatic heterocycles. The number of hydrogen-bond acceptors (Lipinski definition) is 2. The Balaban J connectivity index is 0. The van der Waals surface area contributed by atoms with Crippen molar-refractivity contribution in [3.63, 3.8) is 0 Å². The van der Waals surface area contributed by atoms with Crippen LogP contribution in [0.25, 0.3) is 0 Å². The lowest BCUT2D eigenvalue weighted by Gasteiger charge is -2.12. The molecule has 30 heavy (non-hydrogen) atoms. The Morgan fingerprint density at radius 2 is 0.800 bits per heavy atom. The summed E-state index contributed by atoms with van der Waals surface area (Å²) in [5.74, 6) is 0.850. The second-order valence-electron chi connectivity index (χ2n) is 5.61. The Kier molecular flexibility index (Phi) is 19.6. The minimum Gasteiger partial charge on any atom is -0.238 e. The van der Waals surface area contributed by atoms with Crippen LogP contribution in [0.5, 0.6) is 0 Å². The molecular weight excluding hydrogens is 364 g/mol. The Hall–Kier alpha value is -2.48. The Morgan fingerprint density at radius 1 is 0.500 bits per heavy atom. The lowest BCUT2D eigenvalue weighted by Crippen LogP contribution is -2.06. The van der Waals surface area contributed by atoms with Crippen molar-refractivity contribution in [2.45, 2.75) is 82.1 Å². The highest BCUT2D eigenvalue weighted by Crippen LogP contribution is 2.17. The quantitative estimate of drug-likeness (QED) is 0.433. The number of benzene rings is 2. The summed E-state index contributed by atoms with van der Waals surface area (Å²) in [4.78, 5) is 9.32. The number of hydrogen-bond donors (Lipinski definition) is 0. The minimum atomic E-state index is 0.850. The molecule has 0 radical (unpaired) electrons. The van der Waals surface area contributed by atoms with Crippen LogP contribution in [0.3, 0.4) is 0 Å². The fraction of sp³-hybridized carbons (Fsp3) is 0.429. The van der Waals surface area contributed by atoms with Crippen molar-refractivity contribution in [2.75, 3.05) is 0 Å². The van der Waals surface area contributed by atoms with Crippen molar-refractivity contribution in [2.24, 2.45) is 0 Å². The van der Waals surface area contributed by atoms with E-state index in [4.69, 9.17) is 0 Å². The molecule has 0 atom stereocenters. The summed E-state index contributed by atoms with van der Waals surface area (Å²) in [6.45, 7) is 20.1. The van der Waals surface area contributed by atoms with Crippen LogP contribution in [0.4, 0.5) is 0 Å². The van der Waals surface area contributed by atoms with E-state index in [1.165, 1.54) is 16.7 Å². The van der Waals surface area contributed by atoms with Crippen LogP contribution < -0.4 is 0 Å².